The number of morpholine rings is 1. The average Bonchev–Trinajstić information content (AvgIpc) is 2.72. The van der Waals surface area contributed by atoms with Crippen LogP contribution >= 0.6 is 24.0 Å². The number of rotatable bonds is 9. The van der Waals surface area contributed by atoms with Crippen LogP contribution in [0.25, 0.3) is 0 Å². The predicted octanol–water partition coefficient (Wildman–Crippen LogP) is 1.83. The van der Waals surface area contributed by atoms with Crippen LogP contribution in [0.2, 0.25) is 0 Å². The summed E-state index contributed by atoms with van der Waals surface area (Å²) >= 11 is 0. The fourth-order valence-electron chi connectivity index (χ4n) is 2.82. The molecule has 1 aliphatic heterocycles. The maximum atomic E-state index is 12.0. The minimum atomic E-state index is -0.0106. The maximum Gasteiger partial charge on any atom is 0.251 e. The van der Waals surface area contributed by atoms with E-state index >= 15 is 0 Å². The summed E-state index contributed by atoms with van der Waals surface area (Å²) in [4.78, 5) is 18.7. The topological polar surface area (TPSA) is 78.0 Å². The summed E-state index contributed by atoms with van der Waals surface area (Å²) < 4.78 is 5.36. The van der Waals surface area contributed by atoms with Gasteiger partial charge in [-0.05, 0) is 24.1 Å². The van der Waals surface area contributed by atoms with Gasteiger partial charge in [0.25, 0.3) is 5.91 Å². The zero-order valence-corrected chi connectivity index (χ0v) is 19.3. The number of benzene rings is 1. The lowest BCUT2D eigenvalue weighted by atomic mass is 10.1. The lowest BCUT2D eigenvalue weighted by Gasteiger charge is -2.26. The molecule has 0 unspecified atom stereocenters. The molecule has 1 aromatic carbocycles. The van der Waals surface area contributed by atoms with Crippen LogP contribution in [-0.4, -0.2) is 69.8 Å². The molecule has 0 spiro atoms. The monoisotopic (exact) mass is 503 g/mol. The Kier molecular flexibility index (Phi) is 12.8. The van der Waals surface area contributed by atoms with E-state index in [1.165, 1.54) is 0 Å². The highest BCUT2D eigenvalue weighted by Gasteiger charge is 2.09. The van der Waals surface area contributed by atoms with Crippen molar-refractivity contribution in [1.29, 1.82) is 0 Å². The van der Waals surface area contributed by atoms with Crippen molar-refractivity contribution in [3.8, 4) is 0 Å². The van der Waals surface area contributed by atoms with E-state index in [0.29, 0.717) is 12.1 Å². The van der Waals surface area contributed by atoms with Crippen molar-refractivity contribution in [3.05, 3.63) is 35.4 Å². The first-order valence-electron chi connectivity index (χ1n) is 9.84. The van der Waals surface area contributed by atoms with Crippen molar-refractivity contribution < 1.29 is 9.53 Å². The summed E-state index contributed by atoms with van der Waals surface area (Å²) in [6.45, 7) is 8.94. The number of carbonyl (C=O) groups is 1. The second kappa shape index (κ2) is 14.6. The average molecular weight is 503 g/mol. The van der Waals surface area contributed by atoms with Gasteiger partial charge in [-0.2, -0.15) is 0 Å². The number of unbranched alkanes of at least 4 members (excludes halogenated alkanes) is 1. The summed E-state index contributed by atoms with van der Waals surface area (Å²) in [5.41, 5.74) is 1.80. The zero-order valence-electron chi connectivity index (χ0n) is 17.0. The van der Waals surface area contributed by atoms with Crippen LogP contribution < -0.4 is 16.0 Å². The summed E-state index contributed by atoms with van der Waals surface area (Å²) in [6.07, 6.45) is 2.08. The molecule has 2 rings (SSSR count). The quantitative estimate of drug-likeness (QED) is 0.208. The van der Waals surface area contributed by atoms with Gasteiger partial charge in [-0.3, -0.25) is 14.7 Å². The Morgan fingerprint density at radius 3 is 2.46 bits per heavy atom. The summed E-state index contributed by atoms with van der Waals surface area (Å²) in [5.74, 6) is 0.771. The molecule has 1 aromatic rings. The zero-order chi connectivity index (χ0) is 19.3. The first-order chi connectivity index (χ1) is 13.2. The van der Waals surface area contributed by atoms with E-state index in [4.69, 9.17) is 4.74 Å². The Morgan fingerprint density at radius 1 is 1.11 bits per heavy atom. The summed E-state index contributed by atoms with van der Waals surface area (Å²) in [6, 6.07) is 7.69. The number of amides is 1. The van der Waals surface area contributed by atoms with Gasteiger partial charge in [0.05, 0.1) is 13.2 Å². The van der Waals surface area contributed by atoms with Crippen LogP contribution in [0, 0.1) is 0 Å². The van der Waals surface area contributed by atoms with Gasteiger partial charge in [0.2, 0.25) is 0 Å². The molecular weight excluding hydrogens is 469 g/mol. The fourth-order valence-corrected chi connectivity index (χ4v) is 2.82. The Bertz CT molecular complexity index is 589. The highest BCUT2D eigenvalue weighted by atomic mass is 127. The third-order valence-corrected chi connectivity index (χ3v) is 4.54. The van der Waals surface area contributed by atoms with Crippen LogP contribution in [0.5, 0.6) is 0 Å². The number of ether oxygens (including phenoxy) is 1. The molecule has 1 amide bonds. The molecule has 0 aromatic heterocycles. The van der Waals surface area contributed by atoms with E-state index in [1.54, 1.807) is 7.05 Å². The van der Waals surface area contributed by atoms with Gasteiger partial charge in [-0.15, -0.1) is 24.0 Å². The lowest BCUT2D eigenvalue weighted by Crippen LogP contribution is -2.44. The Hall–Kier alpha value is -1.39. The molecule has 0 bridgehead atoms. The molecule has 0 atom stereocenters. The molecule has 1 heterocycles. The number of nitrogens with zero attached hydrogens (tertiary/aromatic N) is 2. The van der Waals surface area contributed by atoms with E-state index in [9.17, 15) is 4.79 Å². The largest absolute Gasteiger partial charge is 0.379 e. The number of nitrogens with one attached hydrogen (secondary N) is 3. The smallest absolute Gasteiger partial charge is 0.251 e. The SMILES string of the molecule is CCCCNC(=O)c1ccc(CNC(=NC)NCCN2CCOCC2)cc1.I. The predicted molar refractivity (Wildman–Crippen MR) is 125 cm³/mol. The van der Waals surface area contributed by atoms with Crippen LogP contribution in [0.3, 0.4) is 0 Å². The second-order valence-electron chi connectivity index (χ2n) is 6.61. The van der Waals surface area contributed by atoms with Gasteiger partial charge in [-0.1, -0.05) is 25.5 Å². The van der Waals surface area contributed by atoms with Gasteiger partial charge < -0.3 is 20.7 Å². The van der Waals surface area contributed by atoms with Crippen molar-refractivity contribution in [2.24, 2.45) is 4.99 Å². The Morgan fingerprint density at radius 2 is 1.82 bits per heavy atom. The van der Waals surface area contributed by atoms with Crippen LogP contribution in [0.15, 0.2) is 29.3 Å². The third kappa shape index (κ3) is 9.20. The number of hydrogen-bond acceptors (Lipinski definition) is 4. The summed E-state index contributed by atoms with van der Waals surface area (Å²) in [5, 5.41) is 9.58. The Balaban J connectivity index is 0.00000392. The number of carbonyl (C=O) groups excluding carboxylic acids is 1. The highest BCUT2D eigenvalue weighted by molar-refractivity contribution is 14.0. The van der Waals surface area contributed by atoms with Gasteiger partial charge in [0.15, 0.2) is 5.96 Å². The van der Waals surface area contributed by atoms with Gasteiger partial charge in [0.1, 0.15) is 0 Å². The Labute approximate surface area is 185 Å². The van der Waals surface area contributed by atoms with E-state index in [1.807, 2.05) is 24.3 Å². The fraction of sp³-hybridized carbons (Fsp3) is 0.600. The molecule has 28 heavy (non-hydrogen) atoms. The minimum absolute atomic E-state index is 0. The van der Waals surface area contributed by atoms with Crippen molar-refractivity contribution >= 4 is 35.8 Å². The normalized spacial score (nSPS) is 14.9. The lowest BCUT2D eigenvalue weighted by molar-refractivity contribution is 0.0389. The standard InChI is InChI=1S/C20H33N5O2.HI/c1-3-4-9-22-19(26)18-7-5-17(6-8-18)16-24-20(21-2)23-10-11-25-12-14-27-15-13-25;/h5-8H,3-4,9-16H2,1-2H3,(H,22,26)(H2,21,23,24);1H. The number of hydrogen-bond donors (Lipinski definition) is 3. The van der Waals surface area contributed by atoms with Crippen LogP contribution in [-0.2, 0) is 11.3 Å². The van der Waals surface area contributed by atoms with E-state index in [-0.39, 0.29) is 29.9 Å². The van der Waals surface area contributed by atoms with Crippen LogP contribution in [0.1, 0.15) is 35.7 Å². The number of halogens is 1. The molecular formula is C20H34IN5O2. The van der Waals surface area contributed by atoms with E-state index in [0.717, 1.165) is 70.3 Å². The van der Waals surface area contributed by atoms with Crippen molar-refractivity contribution in [2.75, 3.05) is 53.0 Å². The van der Waals surface area contributed by atoms with Crippen LogP contribution in [0.4, 0.5) is 0 Å². The highest BCUT2D eigenvalue weighted by Crippen LogP contribution is 2.04. The van der Waals surface area contributed by atoms with Gasteiger partial charge in [-0.25, -0.2) is 0 Å². The van der Waals surface area contributed by atoms with E-state index < -0.39 is 0 Å². The molecule has 8 heteroatoms. The molecule has 1 aliphatic rings. The summed E-state index contributed by atoms with van der Waals surface area (Å²) in [7, 11) is 1.77. The van der Waals surface area contributed by atoms with E-state index in [2.05, 4.69) is 32.8 Å². The first kappa shape index (κ1) is 24.6. The van der Waals surface area contributed by atoms with Gasteiger partial charge in [0, 0.05) is 51.9 Å². The molecule has 0 aliphatic carbocycles. The first-order valence-corrected chi connectivity index (χ1v) is 9.84. The second-order valence-corrected chi connectivity index (χ2v) is 6.61. The minimum Gasteiger partial charge on any atom is -0.379 e. The molecule has 158 valence electrons. The van der Waals surface area contributed by atoms with Gasteiger partial charge >= 0.3 is 0 Å². The molecule has 0 saturated carbocycles. The number of aliphatic imine (C=N–C) groups is 1. The molecule has 7 nitrogen and oxygen atoms in total. The third-order valence-electron chi connectivity index (χ3n) is 4.54. The van der Waals surface area contributed by atoms with Crippen molar-refractivity contribution in [1.82, 2.24) is 20.9 Å². The molecule has 3 N–H and O–H groups in total. The number of guanidine groups is 1. The molecule has 1 saturated heterocycles. The maximum absolute atomic E-state index is 12.0. The van der Waals surface area contributed by atoms with Crippen molar-refractivity contribution in [3.63, 3.8) is 0 Å². The van der Waals surface area contributed by atoms with Crippen molar-refractivity contribution in [2.45, 2.75) is 26.3 Å². The molecule has 1 fully saturated rings. The molecule has 0 radical (unpaired) electrons.